The molecule has 0 nitrogen and oxygen atoms in total. The molecule has 422 valence electrons. The van der Waals surface area contributed by atoms with Crippen LogP contribution in [-0.4, -0.2) is 64.6 Å². The molecule has 6 aromatic rings. The maximum Gasteiger partial charge on any atom is 0.179 e. The molecule has 8 heteroatoms. The molecule has 2 atom stereocenters. The summed E-state index contributed by atoms with van der Waals surface area (Å²) in [6, 6.07) is 61.2. The van der Waals surface area contributed by atoms with E-state index < -0.39 is 64.6 Å². The van der Waals surface area contributed by atoms with Crippen LogP contribution in [0.5, 0.6) is 0 Å². The summed E-state index contributed by atoms with van der Waals surface area (Å²) in [6.45, 7) is 66.6. The van der Waals surface area contributed by atoms with Gasteiger partial charge in [0.2, 0.25) is 0 Å². The third-order valence-corrected chi connectivity index (χ3v) is 42.7. The van der Waals surface area contributed by atoms with E-state index in [1.807, 2.05) is 0 Å². The van der Waals surface area contributed by atoms with Gasteiger partial charge >= 0.3 is 0 Å². The molecule has 0 aromatic heterocycles. The van der Waals surface area contributed by atoms with Crippen molar-refractivity contribution in [2.45, 2.75) is 173 Å². The summed E-state index contributed by atoms with van der Waals surface area (Å²) in [5, 5.41) is 21.8. The van der Waals surface area contributed by atoms with E-state index in [1.165, 1.54) is 53.4 Å². The zero-order valence-electron chi connectivity index (χ0n) is 54.9. The van der Waals surface area contributed by atoms with Gasteiger partial charge in [-0.3, -0.25) is 0 Å². The third-order valence-electron chi connectivity index (χ3n) is 20.3. The molecule has 0 spiro atoms. The van der Waals surface area contributed by atoms with Crippen molar-refractivity contribution in [3.05, 3.63) is 189 Å². The molecule has 2 unspecified atom stereocenters. The van der Waals surface area contributed by atoms with Gasteiger partial charge < -0.3 is 0 Å². The lowest BCUT2D eigenvalue weighted by molar-refractivity contribution is 0.249. The van der Waals surface area contributed by atoms with Crippen LogP contribution in [0.3, 0.4) is 0 Å². The average Bonchev–Trinajstić information content (AvgIpc) is 3.69. The first-order chi connectivity index (χ1) is 36.7. The summed E-state index contributed by atoms with van der Waals surface area (Å²) in [7, 11) is -16.8. The van der Waals surface area contributed by atoms with E-state index in [0.717, 1.165) is 0 Å². The van der Waals surface area contributed by atoms with Gasteiger partial charge in [-0.15, -0.1) is 0 Å². The van der Waals surface area contributed by atoms with Gasteiger partial charge in [-0.05, 0) is 83.1 Å². The molecule has 0 amide bonds. The molecule has 0 radical (unpaired) electrons. The number of benzene rings is 6. The lowest BCUT2D eigenvalue weighted by Gasteiger charge is -2.49. The van der Waals surface area contributed by atoms with Crippen molar-refractivity contribution in [2.75, 3.05) is 0 Å². The molecule has 2 aliphatic carbocycles. The Morgan fingerprint density at radius 2 is 0.375 bits per heavy atom. The van der Waals surface area contributed by atoms with Crippen LogP contribution in [-0.2, 0) is 0 Å². The van der Waals surface area contributed by atoms with Crippen LogP contribution in [0.4, 0.5) is 0 Å². The van der Waals surface area contributed by atoms with E-state index in [9.17, 15) is 0 Å². The first-order valence-corrected chi connectivity index (χ1v) is 55.2. The van der Waals surface area contributed by atoms with Gasteiger partial charge in [0.1, 0.15) is 0 Å². The van der Waals surface area contributed by atoms with Crippen LogP contribution in [0.1, 0.15) is 55.4 Å². The van der Waals surface area contributed by atoms with Crippen LogP contribution < -0.4 is 62.2 Å². The molecular formula is C72H102Si8. The summed E-state index contributed by atoms with van der Waals surface area (Å²) in [5.41, 5.74) is 8.55. The lowest BCUT2D eigenvalue weighted by Crippen LogP contribution is -2.71. The highest BCUT2D eigenvalue weighted by molar-refractivity contribution is 7.18. The summed E-state index contributed by atoms with van der Waals surface area (Å²) < 4.78 is 0. The average molecular weight is 1190 g/mol. The second-order valence-electron chi connectivity index (χ2n) is 31.2. The number of allylic oxidation sites excluding steroid dienone is 8. The third kappa shape index (κ3) is 10.2. The molecule has 80 heavy (non-hydrogen) atoms. The maximum atomic E-state index is 2.73. The fourth-order valence-corrected chi connectivity index (χ4v) is 33.7. The normalized spacial score (nSPS) is 19.3. The van der Waals surface area contributed by atoms with Crippen molar-refractivity contribution < 1.29 is 0 Å². The molecular weight excluding hydrogens is 1090 g/mol. The highest BCUT2D eigenvalue weighted by Gasteiger charge is 2.62. The Kier molecular flexibility index (Phi) is 16.3. The molecule has 0 saturated carbocycles. The summed E-state index contributed by atoms with van der Waals surface area (Å²) >= 11 is 0. The first-order valence-electron chi connectivity index (χ1n) is 30.2. The molecule has 2 aliphatic rings. The molecule has 8 rings (SSSR count). The maximum absolute atomic E-state index is 3.13. The zero-order chi connectivity index (χ0) is 59.5. The fourth-order valence-electron chi connectivity index (χ4n) is 14.6. The van der Waals surface area contributed by atoms with E-state index >= 15 is 0 Å². The molecule has 0 N–H and O–H groups in total. The number of hydrogen-bond donors (Lipinski definition) is 0. The van der Waals surface area contributed by atoms with Crippen LogP contribution in [0.15, 0.2) is 189 Å². The van der Waals surface area contributed by atoms with Crippen molar-refractivity contribution in [3.8, 4) is 0 Å². The summed E-state index contributed by atoms with van der Waals surface area (Å²) in [4.78, 5) is 0. The van der Waals surface area contributed by atoms with Gasteiger partial charge in [-0.1, -0.05) is 342 Å². The standard InChI is InChI=1S/C72H102Si8/c1-51-53(3)71(7,55(5)69(51)79(63-39-27-33-57(45-63)73(9,10)11,64-40-28-34-58(46-64)74(12,13)14)65-41-29-35-59(47-65)75(15,16)17)72(8)54(4)52(2)70(56(72)6)80(66-42-30-36-60(48-66)76(18,19)20,67-43-31-37-61(49-67)77(21,22)23)68-44-32-38-62(50-68)78(24,25)26/h27-50H,1-26H3. The van der Waals surface area contributed by atoms with Crippen molar-refractivity contribution in [2.24, 2.45) is 10.8 Å². The predicted octanol–water partition coefficient (Wildman–Crippen LogP) is 13.0. The Morgan fingerprint density at radius 1 is 0.225 bits per heavy atom. The Hall–Kier alpha value is -3.98. The summed E-state index contributed by atoms with van der Waals surface area (Å²) in [5.74, 6) is 0. The minimum Gasteiger partial charge on any atom is -0.0656 e. The Balaban J connectivity index is 1.59. The highest BCUT2D eigenvalue weighted by atomic mass is 28.3. The van der Waals surface area contributed by atoms with Crippen LogP contribution >= 0.6 is 0 Å². The molecule has 0 bridgehead atoms. The second kappa shape index (κ2) is 21.0. The minimum absolute atomic E-state index is 0.342. The summed E-state index contributed by atoms with van der Waals surface area (Å²) in [6.07, 6.45) is 0. The SMILES string of the molecule is CC1=C(C)C(C)(C2(C)C(C)=C(C)C([Si](c3cccc([Si](C)(C)C)c3)(c3cccc([Si](C)(C)C)c3)c3cccc([Si](C)(C)C)c3)=C2C)C(C)=C1[Si](c1cccc([Si](C)(C)C)c1)(c1cccc([Si](C)(C)C)c1)c1cccc([Si](C)(C)C)c1. The minimum atomic E-state index is -3.13. The number of hydrogen-bond acceptors (Lipinski definition) is 0. The van der Waals surface area contributed by atoms with Gasteiger partial charge in [0, 0.05) is 10.8 Å². The molecule has 0 fully saturated rings. The Morgan fingerprint density at radius 3 is 0.525 bits per heavy atom. The van der Waals surface area contributed by atoms with Crippen molar-refractivity contribution >= 4 is 127 Å². The molecule has 0 saturated heterocycles. The molecule has 0 aliphatic heterocycles. The zero-order valence-corrected chi connectivity index (χ0v) is 62.9. The van der Waals surface area contributed by atoms with Gasteiger partial charge in [0.15, 0.2) is 16.1 Å². The Labute approximate surface area is 496 Å². The van der Waals surface area contributed by atoms with E-state index in [0.29, 0.717) is 0 Å². The molecule has 0 heterocycles. The number of rotatable bonds is 15. The second-order valence-corrected chi connectivity index (χ2v) is 69.2. The lowest BCUT2D eigenvalue weighted by atomic mass is 9.55. The highest BCUT2D eigenvalue weighted by Crippen LogP contribution is 2.67. The van der Waals surface area contributed by atoms with E-state index in [-0.39, 0.29) is 10.8 Å². The molecule has 6 aromatic carbocycles. The Bertz CT molecular complexity index is 3030. The van der Waals surface area contributed by atoms with Crippen LogP contribution in [0.25, 0.3) is 0 Å². The van der Waals surface area contributed by atoms with Crippen LogP contribution in [0.2, 0.25) is 118 Å². The largest absolute Gasteiger partial charge is 0.179 e. The first kappa shape index (κ1) is 62.1. The van der Waals surface area contributed by atoms with Gasteiger partial charge in [0.05, 0.1) is 48.4 Å². The van der Waals surface area contributed by atoms with E-state index in [4.69, 9.17) is 0 Å². The van der Waals surface area contributed by atoms with Gasteiger partial charge in [-0.2, -0.15) is 0 Å². The van der Waals surface area contributed by atoms with Crippen LogP contribution in [0, 0.1) is 10.8 Å². The van der Waals surface area contributed by atoms with Gasteiger partial charge in [0.25, 0.3) is 0 Å². The predicted molar refractivity (Wildman–Crippen MR) is 384 cm³/mol. The van der Waals surface area contributed by atoms with Crippen molar-refractivity contribution in [3.63, 3.8) is 0 Å². The van der Waals surface area contributed by atoms with E-state index in [1.54, 1.807) is 52.7 Å². The quantitative estimate of drug-likeness (QED) is 0.0710. The van der Waals surface area contributed by atoms with Gasteiger partial charge in [-0.25, -0.2) is 0 Å². The fraction of sp³-hybridized carbons (Fsp3) is 0.389. The van der Waals surface area contributed by atoms with Crippen molar-refractivity contribution in [1.29, 1.82) is 0 Å². The topological polar surface area (TPSA) is 0 Å². The smallest absolute Gasteiger partial charge is 0.0656 e. The van der Waals surface area contributed by atoms with Crippen molar-refractivity contribution in [1.82, 2.24) is 0 Å². The monoisotopic (exact) mass is 1190 g/mol. The van der Waals surface area contributed by atoms with E-state index in [2.05, 4.69) is 319 Å².